The lowest BCUT2D eigenvalue weighted by Gasteiger charge is -2.24. The lowest BCUT2D eigenvalue weighted by atomic mass is 10.0. The van der Waals surface area contributed by atoms with Crippen molar-refractivity contribution in [2.45, 2.75) is 45.6 Å². The van der Waals surface area contributed by atoms with Crippen LogP contribution in [0.5, 0.6) is 0 Å². The molecule has 2 aromatic carbocycles. The number of hydrogen-bond donors (Lipinski definition) is 1. The van der Waals surface area contributed by atoms with Crippen LogP contribution in [0.2, 0.25) is 5.02 Å². The summed E-state index contributed by atoms with van der Waals surface area (Å²) in [7, 11) is 0. The third kappa shape index (κ3) is 4.52. The number of fused-ring (bicyclic) bond motifs is 1. The third-order valence-corrected chi connectivity index (χ3v) is 5.46. The number of nitrogens with one attached hydrogen (secondary N) is 1. The van der Waals surface area contributed by atoms with Crippen LogP contribution in [0.15, 0.2) is 54.6 Å². The second kappa shape index (κ2) is 8.39. The first-order valence-electron chi connectivity index (χ1n) is 9.80. The van der Waals surface area contributed by atoms with Crippen LogP contribution in [0, 0.1) is 0 Å². The molecule has 0 saturated heterocycles. The number of carbonyl (C=O) groups is 1. The summed E-state index contributed by atoms with van der Waals surface area (Å²) in [4.78, 5) is 12.6. The van der Waals surface area contributed by atoms with Gasteiger partial charge in [0.05, 0.1) is 18.8 Å². The fraction of sp³-hybridized carbons (Fsp3) is 0.304. The maximum atomic E-state index is 12.6. The van der Waals surface area contributed by atoms with Crippen molar-refractivity contribution in [1.29, 1.82) is 0 Å². The molecule has 0 radical (unpaired) electrons. The van der Waals surface area contributed by atoms with Gasteiger partial charge in [-0.1, -0.05) is 61.8 Å². The minimum absolute atomic E-state index is 0.102. The first kappa shape index (κ1) is 19.7. The SMILES string of the molecule is CC(C)c1ccc(CNC(=O)c2cc3n(n2)CC(c2ccc(Cl)cc2)OC3)cc1. The summed E-state index contributed by atoms with van der Waals surface area (Å²) in [5.74, 6) is 0.317. The Kier molecular flexibility index (Phi) is 5.69. The topological polar surface area (TPSA) is 56.2 Å². The van der Waals surface area contributed by atoms with Crippen molar-refractivity contribution in [2.24, 2.45) is 0 Å². The van der Waals surface area contributed by atoms with Gasteiger partial charge in [0.15, 0.2) is 5.69 Å². The average Bonchev–Trinajstić information content (AvgIpc) is 3.16. The van der Waals surface area contributed by atoms with Gasteiger partial charge < -0.3 is 10.1 Å². The van der Waals surface area contributed by atoms with E-state index in [1.807, 2.05) is 28.9 Å². The second-order valence-corrected chi connectivity index (χ2v) is 8.07. The molecule has 0 bridgehead atoms. The van der Waals surface area contributed by atoms with E-state index in [4.69, 9.17) is 16.3 Å². The van der Waals surface area contributed by atoms with Gasteiger partial charge in [0.1, 0.15) is 6.10 Å². The Morgan fingerprint density at radius 2 is 1.93 bits per heavy atom. The highest BCUT2D eigenvalue weighted by atomic mass is 35.5. The highest BCUT2D eigenvalue weighted by molar-refractivity contribution is 6.30. The number of ether oxygens (including phenoxy) is 1. The van der Waals surface area contributed by atoms with E-state index in [1.54, 1.807) is 6.07 Å². The van der Waals surface area contributed by atoms with Gasteiger partial charge in [-0.3, -0.25) is 9.48 Å². The molecule has 1 unspecified atom stereocenters. The molecule has 1 amide bonds. The van der Waals surface area contributed by atoms with Gasteiger partial charge >= 0.3 is 0 Å². The van der Waals surface area contributed by atoms with E-state index in [0.717, 1.165) is 16.8 Å². The molecule has 1 aliphatic heterocycles. The fourth-order valence-corrected chi connectivity index (χ4v) is 3.53. The summed E-state index contributed by atoms with van der Waals surface area (Å²) in [6.45, 7) is 5.80. The summed E-state index contributed by atoms with van der Waals surface area (Å²) in [5.41, 5.74) is 4.72. The van der Waals surface area contributed by atoms with E-state index in [9.17, 15) is 4.79 Å². The minimum atomic E-state index is -0.178. The maximum absolute atomic E-state index is 12.6. The van der Waals surface area contributed by atoms with Crippen LogP contribution in [-0.4, -0.2) is 15.7 Å². The average molecular weight is 410 g/mol. The number of nitrogens with zero attached hydrogens (tertiary/aromatic N) is 2. The summed E-state index contributed by atoms with van der Waals surface area (Å²) >= 11 is 5.96. The van der Waals surface area contributed by atoms with Crippen molar-refractivity contribution in [3.8, 4) is 0 Å². The van der Waals surface area contributed by atoms with Gasteiger partial charge in [-0.15, -0.1) is 0 Å². The van der Waals surface area contributed by atoms with Crippen LogP contribution >= 0.6 is 11.6 Å². The molecule has 1 N–H and O–H groups in total. The molecule has 29 heavy (non-hydrogen) atoms. The number of benzene rings is 2. The van der Waals surface area contributed by atoms with E-state index in [1.165, 1.54) is 5.56 Å². The van der Waals surface area contributed by atoms with Gasteiger partial charge in [0.2, 0.25) is 0 Å². The molecule has 1 aliphatic rings. The van der Waals surface area contributed by atoms with Crippen LogP contribution in [0.4, 0.5) is 0 Å². The zero-order valence-corrected chi connectivity index (χ0v) is 17.3. The Labute approximate surface area is 175 Å². The van der Waals surface area contributed by atoms with E-state index in [2.05, 4.69) is 48.5 Å². The molecule has 2 heterocycles. The molecule has 150 valence electrons. The van der Waals surface area contributed by atoms with Crippen molar-refractivity contribution >= 4 is 17.5 Å². The van der Waals surface area contributed by atoms with Gasteiger partial charge in [0, 0.05) is 11.6 Å². The van der Waals surface area contributed by atoms with E-state index >= 15 is 0 Å². The van der Waals surface area contributed by atoms with Crippen molar-refractivity contribution in [3.63, 3.8) is 0 Å². The monoisotopic (exact) mass is 409 g/mol. The molecular formula is C23H24ClN3O2. The summed E-state index contributed by atoms with van der Waals surface area (Å²) < 4.78 is 7.80. The van der Waals surface area contributed by atoms with Gasteiger partial charge in [0.25, 0.3) is 5.91 Å². The number of rotatable bonds is 5. The van der Waals surface area contributed by atoms with Crippen LogP contribution in [-0.2, 0) is 24.4 Å². The van der Waals surface area contributed by atoms with Crippen molar-refractivity contribution in [3.05, 3.63) is 87.7 Å². The molecule has 6 heteroatoms. The number of halogens is 1. The predicted molar refractivity (Wildman–Crippen MR) is 113 cm³/mol. The van der Waals surface area contributed by atoms with Gasteiger partial charge in [-0.2, -0.15) is 5.10 Å². The molecule has 1 atom stereocenters. The smallest absolute Gasteiger partial charge is 0.272 e. The number of aromatic nitrogens is 2. The highest BCUT2D eigenvalue weighted by Gasteiger charge is 2.24. The first-order chi connectivity index (χ1) is 14.0. The summed E-state index contributed by atoms with van der Waals surface area (Å²) in [5, 5.41) is 8.14. The lowest BCUT2D eigenvalue weighted by molar-refractivity contribution is -0.00119. The highest BCUT2D eigenvalue weighted by Crippen LogP contribution is 2.27. The molecule has 0 aliphatic carbocycles. The standard InChI is InChI=1S/C23H24ClN3O2/c1-15(2)17-5-3-16(4-6-17)12-25-23(28)21-11-20-14-29-22(13-27(20)26-21)18-7-9-19(24)10-8-18/h3-11,15,22H,12-14H2,1-2H3,(H,25,28). The molecule has 3 aromatic rings. The van der Waals surface area contributed by atoms with Crippen molar-refractivity contribution < 1.29 is 9.53 Å². The Morgan fingerprint density at radius 1 is 1.21 bits per heavy atom. The van der Waals surface area contributed by atoms with Crippen molar-refractivity contribution in [1.82, 2.24) is 15.1 Å². The van der Waals surface area contributed by atoms with Crippen LogP contribution in [0.3, 0.4) is 0 Å². The van der Waals surface area contributed by atoms with Gasteiger partial charge in [-0.05, 0) is 40.8 Å². The molecule has 1 aromatic heterocycles. The molecule has 4 rings (SSSR count). The second-order valence-electron chi connectivity index (χ2n) is 7.63. The molecule has 5 nitrogen and oxygen atoms in total. The molecule has 0 saturated carbocycles. The molecule has 0 fully saturated rings. The Morgan fingerprint density at radius 3 is 2.62 bits per heavy atom. The quantitative estimate of drug-likeness (QED) is 0.654. The maximum Gasteiger partial charge on any atom is 0.272 e. The van der Waals surface area contributed by atoms with E-state index < -0.39 is 0 Å². The lowest BCUT2D eigenvalue weighted by Crippen LogP contribution is -2.24. The minimum Gasteiger partial charge on any atom is -0.365 e. The predicted octanol–water partition coefficient (Wildman–Crippen LogP) is 4.86. The number of amides is 1. The third-order valence-electron chi connectivity index (χ3n) is 5.21. The molecule has 0 spiro atoms. The summed E-state index contributed by atoms with van der Waals surface area (Å²) in [6, 6.07) is 17.7. The van der Waals surface area contributed by atoms with E-state index in [-0.39, 0.29) is 12.0 Å². The van der Waals surface area contributed by atoms with Crippen LogP contribution in [0.25, 0.3) is 0 Å². The Balaban J connectivity index is 1.39. The van der Waals surface area contributed by atoms with E-state index in [0.29, 0.717) is 36.3 Å². The zero-order chi connectivity index (χ0) is 20.4. The Bertz CT molecular complexity index is 994. The largest absolute Gasteiger partial charge is 0.365 e. The molecular weight excluding hydrogens is 386 g/mol. The van der Waals surface area contributed by atoms with Crippen LogP contribution < -0.4 is 5.32 Å². The summed E-state index contributed by atoms with van der Waals surface area (Å²) in [6.07, 6.45) is -0.102. The normalized spacial score (nSPS) is 15.9. The fourth-order valence-electron chi connectivity index (χ4n) is 3.41. The number of hydrogen-bond acceptors (Lipinski definition) is 3. The van der Waals surface area contributed by atoms with Gasteiger partial charge in [-0.25, -0.2) is 0 Å². The van der Waals surface area contributed by atoms with Crippen LogP contribution in [0.1, 0.15) is 58.7 Å². The first-order valence-corrected chi connectivity index (χ1v) is 10.2. The van der Waals surface area contributed by atoms with Crippen molar-refractivity contribution in [2.75, 3.05) is 0 Å². The Hall–Kier alpha value is -2.63. The zero-order valence-electron chi connectivity index (χ0n) is 16.6. The number of carbonyl (C=O) groups excluding carboxylic acids is 1.